The van der Waals surface area contributed by atoms with Gasteiger partial charge >= 0.3 is 0 Å². The van der Waals surface area contributed by atoms with Crippen LogP contribution in [-0.2, 0) is 0 Å². The maximum absolute atomic E-state index is 12.3. The zero-order valence-corrected chi connectivity index (χ0v) is 13.7. The van der Waals surface area contributed by atoms with E-state index in [4.69, 9.17) is 23.2 Å². The van der Waals surface area contributed by atoms with Crippen LogP contribution in [0.25, 0.3) is 11.3 Å². The minimum absolute atomic E-state index is 0.297. The van der Waals surface area contributed by atoms with Crippen LogP contribution in [0.3, 0.4) is 0 Å². The van der Waals surface area contributed by atoms with Crippen molar-refractivity contribution in [3.63, 3.8) is 0 Å². The van der Waals surface area contributed by atoms with Crippen LogP contribution in [0.1, 0.15) is 16.1 Å². The zero-order chi connectivity index (χ0) is 16.4. The number of amides is 1. The number of carbonyl (C=O) groups is 1. The van der Waals surface area contributed by atoms with Gasteiger partial charge in [0.05, 0.1) is 15.7 Å². The van der Waals surface area contributed by atoms with E-state index in [9.17, 15) is 4.79 Å². The summed E-state index contributed by atoms with van der Waals surface area (Å²) < 4.78 is 0. The van der Waals surface area contributed by atoms with Crippen LogP contribution >= 0.6 is 23.2 Å². The molecule has 0 atom stereocenters. The van der Waals surface area contributed by atoms with Gasteiger partial charge in [0, 0.05) is 11.3 Å². The van der Waals surface area contributed by atoms with Crippen molar-refractivity contribution in [3.8, 4) is 11.3 Å². The second kappa shape index (κ2) is 6.44. The minimum atomic E-state index is -0.297. The molecule has 0 spiro atoms. The van der Waals surface area contributed by atoms with Gasteiger partial charge in [-0.2, -0.15) is 5.10 Å². The number of anilines is 1. The average Bonchev–Trinajstić information content (AvgIpc) is 3.02. The van der Waals surface area contributed by atoms with E-state index in [-0.39, 0.29) is 5.91 Å². The van der Waals surface area contributed by atoms with Gasteiger partial charge in [0.1, 0.15) is 5.69 Å². The van der Waals surface area contributed by atoms with Crippen LogP contribution in [0.2, 0.25) is 10.0 Å². The molecule has 1 amide bonds. The molecule has 0 saturated carbocycles. The molecule has 0 bridgehead atoms. The first-order valence-electron chi connectivity index (χ1n) is 6.92. The van der Waals surface area contributed by atoms with E-state index in [1.165, 1.54) is 5.56 Å². The number of carbonyl (C=O) groups excluding carboxylic acids is 1. The number of halogens is 2. The highest BCUT2D eigenvalue weighted by atomic mass is 35.5. The summed E-state index contributed by atoms with van der Waals surface area (Å²) in [5.74, 6) is -0.297. The Morgan fingerprint density at radius 3 is 2.48 bits per heavy atom. The molecule has 0 radical (unpaired) electrons. The number of aromatic amines is 1. The molecule has 3 rings (SSSR count). The van der Waals surface area contributed by atoms with Crippen molar-refractivity contribution in [2.75, 3.05) is 5.32 Å². The highest BCUT2D eigenvalue weighted by Gasteiger charge is 2.12. The number of aryl methyl sites for hydroxylation is 1. The Labute approximate surface area is 143 Å². The van der Waals surface area contributed by atoms with Crippen LogP contribution < -0.4 is 5.32 Å². The number of nitrogens with zero attached hydrogens (tertiary/aromatic N) is 1. The number of aromatic nitrogens is 2. The van der Waals surface area contributed by atoms with E-state index >= 15 is 0 Å². The average molecular weight is 346 g/mol. The van der Waals surface area contributed by atoms with Crippen molar-refractivity contribution < 1.29 is 4.79 Å². The predicted octanol–water partition coefficient (Wildman–Crippen LogP) is 4.94. The smallest absolute Gasteiger partial charge is 0.273 e. The molecule has 0 aliphatic heterocycles. The molecule has 2 N–H and O–H groups in total. The first-order valence-corrected chi connectivity index (χ1v) is 7.67. The quantitative estimate of drug-likeness (QED) is 0.705. The van der Waals surface area contributed by atoms with Crippen molar-refractivity contribution in [2.45, 2.75) is 6.92 Å². The summed E-state index contributed by atoms with van der Waals surface area (Å²) in [7, 11) is 0. The Kier molecular flexibility index (Phi) is 4.37. The van der Waals surface area contributed by atoms with Gasteiger partial charge < -0.3 is 5.32 Å². The number of H-pyrrole nitrogens is 1. The van der Waals surface area contributed by atoms with Crippen LogP contribution in [0.4, 0.5) is 5.69 Å². The molecule has 6 heteroatoms. The summed E-state index contributed by atoms with van der Waals surface area (Å²) in [5, 5.41) is 10.5. The fraction of sp³-hybridized carbons (Fsp3) is 0.0588. The molecule has 23 heavy (non-hydrogen) atoms. The molecule has 1 aromatic heterocycles. The van der Waals surface area contributed by atoms with Crippen molar-refractivity contribution in [1.29, 1.82) is 0 Å². The molecular formula is C17H13Cl2N3O. The Bertz CT molecular complexity index is 857. The predicted molar refractivity (Wildman–Crippen MR) is 93.2 cm³/mol. The summed E-state index contributed by atoms with van der Waals surface area (Å²) in [5.41, 5.74) is 3.76. The fourth-order valence-corrected chi connectivity index (χ4v) is 2.38. The summed E-state index contributed by atoms with van der Waals surface area (Å²) >= 11 is 11.8. The van der Waals surface area contributed by atoms with Gasteiger partial charge in [-0.1, -0.05) is 53.0 Å². The summed E-state index contributed by atoms with van der Waals surface area (Å²) in [6.07, 6.45) is 0. The second-order valence-electron chi connectivity index (χ2n) is 5.12. The molecule has 0 saturated heterocycles. The highest BCUT2D eigenvalue weighted by Crippen LogP contribution is 2.25. The molecule has 3 aromatic rings. The fourth-order valence-electron chi connectivity index (χ4n) is 2.08. The van der Waals surface area contributed by atoms with Crippen molar-refractivity contribution >= 4 is 34.8 Å². The molecule has 2 aromatic carbocycles. The molecule has 1 heterocycles. The van der Waals surface area contributed by atoms with Gasteiger partial charge in [0.2, 0.25) is 0 Å². The number of hydrogen-bond acceptors (Lipinski definition) is 2. The number of nitrogens with one attached hydrogen (secondary N) is 2. The maximum atomic E-state index is 12.3. The number of hydrogen-bond donors (Lipinski definition) is 2. The standard InChI is InChI=1S/C17H13Cl2N3O/c1-10-2-4-11(5-3-10)15-9-16(22-21-15)17(23)20-12-6-7-13(18)14(19)8-12/h2-9H,1H3,(H,20,23)(H,21,22). The van der Waals surface area contributed by atoms with Crippen molar-refractivity contribution in [3.05, 3.63) is 69.8 Å². The molecule has 0 fully saturated rings. The van der Waals surface area contributed by atoms with Crippen molar-refractivity contribution in [2.24, 2.45) is 0 Å². The van der Waals surface area contributed by atoms with E-state index in [0.717, 1.165) is 5.56 Å². The summed E-state index contributed by atoms with van der Waals surface area (Å²) in [6.45, 7) is 2.02. The third-order valence-corrected chi connectivity index (χ3v) is 4.09. The second-order valence-corrected chi connectivity index (χ2v) is 5.93. The third-order valence-electron chi connectivity index (χ3n) is 3.35. The lowest BCUT2D eigenvalue weighted by Gasteiger charge is -2.04. The number of rotatable bonds is 3. The van der Waals surface area contributed by atoms with E-state index in [2.05, 4.69) is 15.5 Å². The summed E-state index contributed by atoms with van der Waals surface area (Å²) in [4.78, 5) is 12.3. The van der Waals surface area contributed by atoms with Crippen LogP contribution in [0.5, 0.6) is 0 Å². The molecule has 0 aliphatic carbocycles. The first kappa shape index (κ1) is 15.6. The van der Waals surface area contributed by atoms with E-state index < -0.39 is 0 Å². The Morgan fingerprint density at radius 2 is 1.78 bits per heavy atom. The van der Waals surface area contributed by atoms with E-state index in [1.54, 1.807) is 24.3 Å². The number of benzene rings is 2. The molecule has 0 unspecified atom stereocenters. The lowest BCUT2D eigenvalue weighted by molar-refractivity contribution is 0.102. The van der Waals surface area contributed by atoms with Gasteiger partial charge in [-0.3, -0.25) is 9.89 Å². The van der Waals surface area contributed by atoms with Crippen molar-refractivity contribution in [1.82, 2.24) is 10.2 Å². The van der Waals surface area contributed by atoms with Gasteiger partial charge in [-0.25, -0.2) is 0 Å². The Balaban J connectivity index is 1.78. The lowest BCUT2D eigenvalue weighted by Crippen LogP contribution is -2.12. The Morgan fingerprint density at radius 1 is 1.04 bits per heavy atom. The van der Waals surface area contributed by atoms with Gasteiger partial charge in [-0.05, 0) is 31.2 Å². The molecular weight excluding hydrogens is 333 g/mol. The first-order chi connectivity index (χ1) is 11.0. The normalized spacial score (nSPS) is 10.6. The SMILES string of the molecule is Cc1ccc(-c2cc(C(=O)Nc3ccc(Cl)c(Cl)c3)[nH]n2)cc1. The summed E-state index contributed by atoms with van der Waals surface area (Å²) in [6, 6.07) is 14.5. The topological polar surface area (TPSA) is 57.8 Å². The zero-order valence-electron chi connectivity index (χ0n) is 12.2. The molecule has 116 valence electrons. The maximum Gasteiger partial charge on any atom is 0.273 e. The van der Waals surface area contributed by atoms with Crippen LogP contribution in [0.15, 0.2) is 48.5 Å². The molecule has 0 aliphatic rings. The highest BCUT2D eigenvalue weighted by molar-refractivity contribution is 6.42. The van der Waals surface area contributed by atoms with Crippen LogP contribution in [-0.4, -0.2) is 16.1 Å². The monoisotopic (exact) mass is 345 g/mol. The molecule has 4 nitrogen and oxygen atoms in total. The van der Waals surface area contributed by atoms with Crippen LogP contribution in [0, 0.1) is 6.92 Å². The van der Waals surface area contributed by atoms with E-state index in [0.29, 0.717) is 27.1 Å². The Hall–Kier alpha value is -2.30. The minimum Gasteiger partial charge on any atom is -0.321 e. The largest absolute Gasteiger partial charge is 0.321 e. The van der Waals surface area contributed by atoms with Gasteiger partial charge in [0.25, 0.3) is 5.91 Å². The third kappa shape index (κ3) is 3.55. The van der Waals surface area contributed by atoms with E-state index in [1.807, 2.05) is 31.2 Å². The van der Waals surface area contributed by atoms with Gasteiger partial charge in [-0.15, -0.1) is 0 Å². The lowest BCUT2D eigenvalue weighted by atomic mass is 10.1. The van der Waals surface area contributed by atoms with Gasteiger partial charge in [0.15, 0.2) is 0 Å².